The lowest BCUT2D eigenvalue weighted by molar-refractivity contribution is 0.278. The molecule has 2 aliphatic rings. The Balaban J connectivity index is 1.37. The Morgan fingerprint density at radius 3 is 3.10 bits per heavy atom. The number of fused-ring (bicyclic) bond motifs is 1. The first kappa shape index (κ1) is 20.1. The standard InChI is InChI=1S/C22H28N6O2/c1-24-11-14(10-23)12-25-20-9-21(27-28(2)22(20)29)30-13-16-8-17(16)19-7-6-15-4-3-5-18(15)26-19/h6-7,9-11,16-17,25H,3-5,8,12-13,23H2,1-2H3/t16-,17+/m1/s1. The largest absolute Gasteiger partial charge is 0.476 e. The number of hydrogen-bond acceptors (Lipinski definition) is 7. The van der Waals surface area contributed by atoms with Crippen molar-refractivity contribution in [2.45, 2.75) is 31.6 Å². The van der Waals surface area contributed by atoms with Crippen LogP contribution in [0.5, 0.6) is 5.88 Å². The molecule has 0 aliphatic heterocycles. The SMILES string of the molecule is CN=CC(=CN)CNc1cc(OC[C@H]2C[C@@H]2c2ccc3c(n2)CCC3)nn(C)c1=O. The Kier molecular flexibility index (Phi) is 5.83. The number of rotatable bonds is 8. The van der Waals surface area contributed by atoms with E-state index in [0.29, 0.717) is 36.6 Å². The van der Waals surface area contributed by atoms with Crippen LogP contribution in [0.4, 0.5) is 5.69 Å². The van der Waals surface area contributed by atoms with E-state index in [2.05, 4.69) is 27.5 Å². The molecule has 0 unspecified atom stereocenters. The van der Waals surface area contributed by atoms with E-state index in [-0.39, 0.29) is 5.56 Å². The molecule has 2 aromatic heterocycles. The van der Waals surface area contributed by atoms with E-state index in [9.17, 15) is 4.79 Å². The molecule has 0 bridgehead atoms. The van der Waals surface area contributed by atoms with E-state index in [1.54, 1.807) is 26.4 Å². The second-order valence-corrected chi connectivity index (χ2v) is 7.92. The molecule has 2 heterocycles. The molecule has 0 aromatic carbocycles. The zero-order valence-electron chi connectivity index (χ0n) is 17.5. The number of anilines is 1. The molecular formula is C22H28N6O2. The fourth-order valence-electron chi connectivity index (χ4n) is 3.92. The molecule has 2 atom stereocenters. The smallest absolute Gasteiger partial charge is 0.290 e. The molecule has 158 valence electrons. The predicted octanol–water partition coefficient (Wildman–Crippen LogP) is 1.80. The zero-order valence-corrected chi connectivity index (χ0v) is 17.5. The van der Waals surface area contributed by atoms with Crippen molar-refractivity contribution in [1.82, 2.24) is 14.8 Å². The zero-order chi connectivity index (χ0) is 21.1. The highest BCUT2D eigenvalue weighted by molar-refractivity contribution is 5.79. The number of nitrogens with two attached hydrogens (primary N) is 1. The Hall–Kier alpha value is -3.16. The molecule has 3 N–H and O–H groups in total. The van der Waals surface area contributed by atoms with Gasteiger partial charge < -0.3 is 15.8 Å². The quantitative estimate of drug-likeness (QED) is 0.645. The van der Waals surface area contributed by atoms with Crippen molar-refractivity contribution in [2.75, 3.05) is 25.5 Å². The van der Waals surface area contributed by atoms with Gasteiger partial charge >= 0.3 is 0 Å². The fraction of sp³-hybridized carbons (Fsp3) is 0.455. The van der Waals surface area contributed by atoms with Crippen molar-refractivity contribution < 1.29 is 4.74 Å². The summed E-state index contributed by atoms with van der Waals surface area (Å²) in [5, 5.41) is 7.31. The summed E-state index contributed by atoms with van der Waals surface area (Å²) in [6, 6.07) is 6.05. The van der Waals surface area contributed by atoms with Gasteiger partial charge in [-0.2, -0.15) is 0 Å². The van der Waals surface area contributed by atoms with Crippen LogP contribution >= 0.6 is 0 Å². The topological polar surface area (TPSA) is 107 Å². The summed E-state index contributed by atoms with van der Waals surface area (Å²) in [5.41, 5.74) is 10.4. The lowest BCUT2D eigenvalue weighted by Crippen LogP contribution is -2.25. The maximum atomic E-state index is 12.3. The molecule has 8 nitrogen and oxygen atoms in total. The van der Waals surface area contributed by atoms with Crippen molar-refractivity contribution >= 4 is 11.9 Å². The van der Waals surface area contributed by atoms with Gasteiger partial charge in [0.05, 0.1) is 6.61 Å². The Morgan fingerprint density at radius 2 is 2.30 bits per heavy atom. The average Bonchev–Trinajstić information content (AvgIpc) is 3.38. The van der Waals surface area contributed by atoms with Crippen molar-refractivity contribution in [3.8, 4) is 5.88 Å². The molecule has 8 heteroatoms. The van der Waals surface area contributed by atoms with E-state index < -0.39 is 0 Å². The Morgan fingerprint density at radius 1 is 1.43 bits per heavy atom. The molecule has 1 saturated carbocycles. The molecule has 0 amide bonds. The van der Waals surface area contributed by atoms with E-state index in [1.165, 1.54) is 34.3 Å². The number of pyridine rings is 1. The minimum Gasteiger partial charge on any atom is -0.476 e. The molecular weight excluding hydrogens is 380 g/mol. The maximum Gasteiger partial charge on any atom is 0.290 e. The molecule has 0 spiro atoms. The highest BCUT2D eigenvalue weighted by Crippen LogP contribution is 2.47. The van der Waals surface area contributed by atoms with Crippen molar-refractivity contribution in [3.05, 3.63) is 57.3 Å². The molecule has 30 heavy (non-hydrogen) atoms. The summed E-state index contributed by atoms with van der Waals surface area (Å²) in [7, 11) is 3.28. The van der Waals surface area contributed by atoms with Crippen LogP contribution in [0.3, 0.4) is 0 Å². The minimum atomic E-state index is -0.223. The molecule has 0 radical (unpaired) electrons. The van der Waals surface area contributed by atoms with Crippen LogP contribution in [0.1, 0.15) is 35.7 Å². The number of aromatic nitrogens is 3. The molecule has 0 saturated heterocycles. The van der Waals surface area contributed by atoms with E-state index in [0.717, 1.165) is 24.8 Å². The summed E-state index contributed by atoms with van der Waals surface area (Å²) in [6.07, 6.45) is 7.65. The van der Waals surface area contributed by atoms with Crippen LogP contribution in [0.15, 0.2) is 39.8 Å². The number of ether oxygens (including phenoxy) is 1. The first-order chi connectivity index (χ1) is 14.6. The minimum absolute atomic E-state index is 0.223. The number of hydrogen-bond donors (Lipinski definition) is 2. The van der Waals surface area contributed by atoms with Crippen LogP contribution < -0.4 is 21.3 Å². The summed E-state index contributed by atoms with van der Waals surface area (Å²) in [5.74, 6) is 1.31. The second kappa shape index (κ2) is 8.69. The summed E-state index contributed by atoms with van der Waals surface area (Å²) < 4.78 is 7.21. The summed E-state index contributed by atoms with van der Waals surface area (Å²) in [4.78, 5) is 21.2. The van der Waals surface area contributed by atoms with Crippen molar-refractivity contribution in [2.24, 2.45) is 23.7 Å². The van der Waals surface area contributed by atoms with Gasteiger partial charge in [0.25, 0.3) is 5.56 Å². The van der Waals surface area contributed by atoms with Crippen molar-refractivity contribution in [1.29, 1.82) is 0 Å². The van der Waals surface area contributed by atoms with Crippen LogP contribution in [0.25, 0.3) is 0 Å². The second-order valence-electron chi connectivity index (χ2n) is 7.92. The van der Waals surface area contributed by atoms with Crippen LogP contribution in [0.2, 0.25) is 0 Å². The van der Waals surface area contributed by atoms with Gasteiger partial charge in [-0.1, -0.05) is 6.07 Å². The first-order valence-electron chi connectivity index (χ1n) is 10.4. The first-order valence-corrected chi connectivity index (χ1v) is 10.4. The highest BCUT2D eigenvalue weighted by atomic mass is 16.5. The monoisotopic (exact) mass is 408 g/mol. The predicted molar refractivity (Wildman–Crippen MR) is 117 cm³/mol. The molecule has 1 fully saturated rings. The third-order valence-electron chi connectivity index (χ3n) is 5.73. The van der Waals surface area contributed by atoms with Gasteiger partial charge in [0.2, 0.25) is 5.88 Å². The average molecular weight is 409 g/mol. The molecule has 4 rings (SSSR count). The summed E-state index contributed by atoms with van der Waals surface area (Å²) >= 11 is 0. The van der Waals surface area contributed by atoms with Gasteiger partial charge in [-0.05, 0) is 37.3 Å². The Labute approximate surface area is 175 Å². The van der Waals surface area contributed by atoms with Crippen molar-refractivity contribution in [3.63, 3.8) is 0 Å². The van der Waals surface area contributed by atoms with Gasteiger partial charge in [-0.3, -0.25) is 14.8 Å². The fourth-order valence-corrected chi connectivity index (χ4v) is 3.92. The Bertz CT molecular complexity index is 1040. The number of nitrogens with one attached hydrogen (secondary N) is 1. The third-order valence-corrected chi connectivity index (χ3v) is 5.73. The van der Waals surface area contributed by atoms with Gasteiger partial charge in [0.15, 0.2) is 0 Å². The van der Waals surface area contributed by atoms with Gasteiger partial charge in [-0.15, -0.1) is 5.10 Å². The number of aryl methyl sites for hydroxylation is 3. The van der Waals surface area contributed by atoms with Gasteiger partial charge in [0.1, 0.15) is 5.69 Å². The number of aliphatic imine (C=N–C) groups is 1. The number of nitrogens with zero attached hydrogens (tertiary/aromatic N) is 4. The molecule has 2 aromatic rings. The van der Waals surface area contributed by atoms with Gasteiger partial charge in [0, 0.05) is 67.9 Å². The lowest BCUT2D eigenvalue weighted by atomic mass is 10.1. The van der Waals surface area contributed by atoms with Gasteiger partial charge in [-0.25, -0.2) is 4.68 Å². The van der Waals surface area contributed by atoms with Crippen LogP contribution in [-0.2, 0) is 19.9 Å². The molecule has 2 aliphatic carbocycles. The highest BCUT2D eigenvalue weighted by Gasteiger charge is 2.40. The normalized spacial score (nSPS) is 20.4. The van der Waals surface area contributed by atoms with E-state index >= 15 is 0 Å². The maximum absolute atomic E-state index is 12.3. The van der Waals surface area contributed by atoms with E-state index in [4.69, 9.17) is 15.5 Å². The van der Waals surface area contributed by atoms with E-state index in [1.807, 2.05) is 0 Å². The summed E-state index contributed by atoms with van der Waals surface area (Å²) in [6.45, 7) is 0.950. The van der Waals surface area contributed by atoms with Crippen LogP contribution in [-0.4, -0.2) is 41.2 Å². The van der Waals surface area contributed by atoms with Crippen LogP contribution in [0, 0.1) is 5.92 Å². The lowest BCUT2D eigenvalue weighted by Gasteiger charge is -2.11. The third kappa shape index (κ3) is 4.37.